The molecule has 0 amide bonds. The largest absolute Gasteiger partial charge is 0.369 e. The lowest BCUT2D eigenvalue weighted by Crippen LogP contribution is -2.32. The smallest absolute Gasteiger partial charge is 0.151 e. The van der Waals surface area contributed by atoms with Crippen molar-refractivity contribution < 1.29 is 0 Å². The van der Waals surface area contributed by atoms with Crippen molar-refractivity contribution in [1.29, 1.82) is 0 Å². The highest BCUT2D eigenvalue weighted by atomic mass is 35.5. The van der Waals surface area contributed by atoms with Gasteiger partial charge in [-0.15, -0.1) is 10.2 Å². The molecule has 1 aromatic heterocycles. The van der Waals surface area contributed by atoms with Gasteiger partial charge in [0.15, 0.2) is 5.15 Å². The number of aromatic nitrogens is 2. The minimum absolute atomic E-state index is 0.424. The Morgan fingerprint density at radius 3 is 2.76 bits per heavy atom. The molecular weight excluding hydrogens is 284 g/mol. The van der Waals surface area contributed by atoms with Crippen LogP contribution in [0.4, 0.5) is 5.82 Å². The predicted molar refractivity (Wildman–Crippen MR) is 85.6 cm³/mol. The summed E-state index contributed by atoms with van der Waals surface area (Å²) in [6.45, 7) is 4.21. The van der Waals surface area contributed by atoms with Gasteiger partial charge in [0.2, 0.25) is 0 Å². The van der Waals surface area contributed by atoms with Gasteiger partial charge >= 0.3 is 0 Å². The number of halogens is 1. The van der Waals surface area contributed by atoms with Crippen LogP contribution >= 0.6 is 11.6 Å². The van der Waals surface area contributed by atoms with Crippen molar-refractivity contribution in [3.8, 4) is 0 Å². The van der Waals surface area contributed by atoms with Crippen molar-refractivity contribution in [1.82, 2.24) is 15.1 Å². The average Bonchev–Trinajstić information content (AvgIpc) is 2.53. The zero-order valence-electron chi connectivity index (χ0n) is 11.9. The number of hydrogen-bond acceptors (Lipinski definition) is 4. The standard InChI is InChI=1S/C16H19ClN4/c17-15-6-7-16(20-19-15)18-9-3-10-21-11-8-13-4-1-2-5-14(13)12-21/h1-2,4-7H,3,8-12H2,(H,18,20). The van der Waals surface area contributed by atoms with E-state index < -0.39 is 0 Å². The van der Waals surface area contributed by atoms with Crippen LogP contribution in [0.15, 0.2) is 36.4 Å². The summed E-state index contributed by atoms with van der Waals surface area (Å²) in [5.74, 6) is 0.781. The zero-order chi connectivity index (χ0) is 14.5. The SMILES string of the molecule is Clc1ccc(NCCCN2CCc3ccccc3C2)nn1. The Balaban J connectivity index is 1.41. The van der Waals surface area contributed by atoms with Crippen LogP contribution in [-0.4, -0.2) is 34.7 Å². The average molecular weight is 303 g/mol. The van der Waals surface area contributed by atoms with Crippen LogP contribution in [0.2, 0.25) is 5.15 Å². The third-order valence-corrected chi connectivity index (χ3v) is 4.00. The first-order valence-corrected chi connectivity index (χ1v) is 7.71. The first-order chi connectivity index (χ1) is 10.3. The Hall–Kier alpha value is -1.65. The van der Waals surface area contributed by atoms with Gasteiger partial charge in [0, 0.05) is 26.2 Å². The lowest BCUT2D eigenvalue weighted by molar-refractivity contribution is 0.253. The molecule has 1 N–H and O–H groups in total. The third-order valence-electron chi connectivity index (χ3n) is 3.80. The Morgan fingerprint density at radius 1 is 1.10 bits per heavy atom. The number of rotatable bonds is 5. The van der Waals surface area contributed by atoms with Crippen LogP contribution in [0.1, 0.15) is 17.5 Å². The summed E-state index contributed by atoms with van der Waals surface area (Å²) in [6.07, 6.45) is 2.25. The molecule has 0 spiro atoms. The minimum Gasteiger partial charge on any atom is -0.369 e. The molecule has 2 aromatic rings. The van der Waals surface area contributed by atoms with Gasteiger partial charge in [-0.05, 0) is 36.1 Å². The summed E-state index contributed by atoms with van der Waals surface area (Å²) >= 11 is 5.71. The molecule has 0 radical (unpaired) electrons. The molecule has 21 heavy (non-hydrogen) atoms. The van der Waals surface area contributed by atoms with E-state index in [9.17, 15) is 0 Å². The highest BCUT2D eigenvalue weighted by molar-refractivity contribution is 6.29. The Labute approximate surface area is 130 Å². The van der Waals surface area contributed by atoms with E-state index in [0.29, 0.717) is 5.15 Å². The van der Waals surface area contributed by atoms with E-state index in [1.54, 1.807) is 6.07 Å². The lowest BCUT2D eigenvalue weighted by atomic mass is 10.00. The second kappa shape index (κ2) is 6.87. The molecule has 5 heteroatoms. The van der Waals surface area contributed by atoms with E-state index in [1.165, 1.54) is 11.1 Å². The predicted octanol–water partition coefficient (Wildman–Crippen LogP) is 2.99. The molecule has 1 aliphatic heterocycles. The number of nitrogens with zero attached hydrogens (tertiary/aromatic N) is 3. The maximum atomic E-state index is 5.71. The van der Waals surface area contributed by atoms with Gasteiger partial charge in [-0.25, -0.2) is 0 Å². The second-order valence-corrected chi connectivity index (χ2v) is 5.70. The molecule has 3 rings (SSSR count). The number of hydrogen-bond donors (Lipinski definition) is 1. The maximum Gasteiger partial charge on any atom is 0.151 e. The number of fused-ring (bicyclic) bond motifs is 1. The van der Waals surface area contributed by atoms with Crippen LogP contribution in [0.3, 0.4) is 0 Å². The molecule has 0 bridgehead atoms. The van der Waals surface area contributed by atoms with Gasteiger partial charge < -0.3 is 5.32 Å². The van der Waals surface area contributed by atoms with E-state index in [0.717, 1.165) is 44.8 Å². The second-order valence-electron chi connectivity index (χ2n) is 5.32. The summed E-state index contributed by atoms with van der Waals surface area (Å²) in [7, 11) is 0. The molecule has 110 valence electrons. The van der Waals surface area contributed by atoms with Crippen LogP contribution < -0.4 is 5.32 Å². The van der Waals surface area contributed by atoms with E-state index in [2.05, 4.69) is 44.7 Å². The molecule has 1 aliphatic rings. The summed E-state index contributed by atoms with van der Waals surface area (Å²) in [5.41, 5.74) is 2.98. The van der Waals surface area contributed by atoms with E-state index in [4.69, 9.17) is 11.6 Å². The van der Waals surface area contributed by atoms with Crippen LogP contribution in [-0.2, 0) is 13.0 Å². The molecule has 4 nitrogen and oxygen atoms in total. The lowest BCUT2D eigenvalue weighted by Gasteiger charge is -2.28. The zero-order valence-corrected chi connectivity index (χ0v) is 12.7. The highest BCUT2D eigenvalue weighted by Crippen LogP contribution is 2.18. The van der Waals surface area contributed by atoms with Crippen LogP contribution in [0, 0.1) is 0 Å². The summed E-state index contributed by atoms with van der Waals surface area (Å²) in [6, 6.07) is 12.3. The Morgan fingerprint density at radius 2 is 1.95 bits per heavy atom. The van der Waals surface area contributed by atoms with Crippen molar-refractivity contribution in [3.05, 3.63) is 52.7 Å². The van der Waals surface area contributed by atoms with Gasteiger partial charge in [0.25, 0.3) is 0 Å². The maximum absolute atomic E-state index is 5.71. The number of benzene rings is 1. The summed E-state index contributed by atoms with van der Waals surface area (Å²) in [4.78, 5) is 2.51. The minimum atomic E-state index is 0.424. The molecule has 0 aliphatic carbocycles. The first-order valence-electron chi connectivity index (χ1n) is 7.33. The van der Waals surface area contributed by atoms with Crippen LogP contribution in [0.25, 0.3) is 0 Å². The topological polar surface area (TPSA) is 41.0 Å². The Bertz CT molecular complexity index is 585. The fourth-order valence-corrected chi connectivity index (χ4v) is 2.78. The van der Waals surface area contributed by atoms with Gasteiger partial charge in [-0.2, -0.15) is 0 Å². The van der Waals surface area contributed by atoms with Gasteiger partial charge in [0.05, 0.1) is 0 Å². The van der Waals surface area contributed by atoms with Gasteiger partial charge in [-0.1, -0.05) is 35.9 Å². The molecule has 0 saturated carbocycles. The molecule has 0 fully saturated rings. The molecule has 1 aromatic carbocycles. The normalized spacial score (nSPS) is 14.7. The van der Waals surface area contributed by atoms with E-state index in [1.807, 2.05) is 6.07 Å². The third kappa shape index (κ3) is 3.93. The monoisotopic (exact) mass is 302 g/mol. The Kier molecular flexibility index (Phi) is 4.68. The van der Waals surface area contributed by atoms with E-state index >= 15 is 0 Å². The van der Waals surface area contributed by atoms with Crippen molar-refractivity contribution in [2.75, 3.05) is 25.0 Å². The van der Waals surface area contributed by atoms with Crippen molar-refractivity contribution in [2.24, 2.45) is 0 Å². The number of anilines is 1. The highest BCUT2D eigenvalue weighted by Gasteiger charge is 2.14. The first kappa shape index (κ1) is 14.3. The summed E-state index contributed by atoms with van der Waals surface area (Å²) < 4.78 is 0. The molecular formula is C16H19ClN4. The van der Waals surface area contributed by atoms with Gasteiger partial charge in [0.1, 0.15) is 5.82 Å². The molecule has 0 atom stereocenters. The van der Waals surface area contributed by atoms with Crippen LogP contribution in [0.5, 0.6) is 0 Å². The fraction of sp³-hybridized carbons (Fsp3) is 0.375. The van der Waals surface area contributed by atoms with E-state index in [-0.39, 0.29) is 0 Å². The van der Waals surface area contributed by atoms with Crippen molar-refractivity contribution in [3.63, 3.8) is 0 Å². The quantitative estimate of drug-likeness (QED) is 0.862. The number of nitrogens with one attached hydrogen (secondary N) is 1. The molecule has 0 unspecified atom stereocenters. The summed E-state index contributed by atoms with van der Waals surface area (Å²) in [5, 5.41) is 11.5. The van der Waals surface area contributed by atoms with Crippen molar-refractivity contribution in [2.45, 2.75) is 19.4 Å². The molecule has 0 saturated heterocycles. The molecule has 2 heterocycles. The van der Waals surface area contributed by atoms with Gasteiger partial charge in [-0.3, -0.25) is 4.90 Å². The van der Waals surface area contributed by atoms with Crippen molar-refractivity contribution >= 4 is 17.4 Å². The fourth-order valence-electron chi connectivity index (χ4n) is 2.67.